The van der Waals surface area contributed by atoms with E-state index in [1.807, 2.05) is 6.92 Å². The molecular weight excluding hydrogens is 535 g/mol. The van der Waals surface area contributed by atoms with E-state index >= 15 is 4.39 Å². The van der Waals surface area contributed by atoms with Crippen LogP contribution < -0.4 is 4.74 Å². The average molecular weight is 561 g/mol. The first-order valence-corrected chi connectivity index (χ1v) is 13.4. The number of hydrogen-bond donors (Lipinski definition) is 1. The van der Waals surface area contributed by atoms with E-state index in [0.717, 1.165) is 16.7 Å². The van der Waals surface area contributed by atoms with Crippen LogP contribution in [0.3, 0.4) is 0 Å². The van der Waals surface area contributed by atoms with Crippen LogP contribution in [0.25, 0.3) is 33.1 Å². The van der Waals surface area contributed by atoms with Gasteiger partial charge in [-0.1, -0.05) is 11.6 Å². The van der Waals surface area contributed by atoms with Gasteiger partial charge in [-0.15, -0.1) is 0 Å². The number of carbonyl (C=O) groups is 1. The molecule has 1 aliphatic rings. The number of pyridine rings is 1. The van der Waals surface area contributed by atoms with E-state index in [1.54, 1.807) is 53.8 Å². The molecule has 0 radical (unpaired) electrons. The summed E-state index contributed by atoms with van der Waals surface area (Å²) in [6.07, 6.45) is 5.21. The molecule has 5 aromatic rings. The van der Waals surface area contributed by atoms with Crippen LogP contribution in [0.1, 0.15) is 31.6 Å². The van der Waals surface area contributed by atoms with Gasteiger partial charge in [0, 0.05) is 60.2 Å². The molecule has 4 heterocycles. The smallest absolute Gasteiger partial charge is 0.321 e. The highest BCUT2D eigenvalue weighted by molar-refractivity contribution is 6.33. The molecule has 1 atom stereocenters. The summed E-state index contributed by atoms with van der Waals surface area (Å²) >= 11 is 6.62. The number of hydrogen-bond acceptors (Lipinski definition) is 7. The molecule has 3 aromatic heterocycles. The maximum absolute atomic E-state index is 15.4. The van der Waals surface area contributed by atoms with Crippen molar-refractivity contribution in [3.8, 4) is 22.9 Å². The predicted octanol–water partition coefficient (Wildman–Crippen LogP) is 5.48. The van der Waals surface area contributed by atoms with Crippen molar-refractivity contribution in [1.82, 2.24) is 29.4 Å². The molecule has 1 N–H and O–H groups in total. The molecule has 11 heteroatoms. The quantitative estimate of drug-likeness (QED) is 0.303. The van der Waals surface area contributed by atoms with Crippen LogP contribution in [0.15, 0.2) is 55.0 Å². The molecule has 204 valence electrons. The highest BCUT2D eigenvalue weighted by Crippen LogP contribution is 2.38. The predicted molar refractivity (Wildman–Crippen MR) is 149 cm³/mol. The maximum atomic E-state index is 15.4. The van der Waals surface area contributed by atoms with Gasteiger partial charge in [0.05, 0.1) is 22.3 Å². The highest BCUT2D eigenvalue weighted by atomic mass is 35.5. The molecule has 1 unspecified atom stereocenters. The first kappa shape index (κ1) is 26.1. The van der Waals surface area contributed by atoms with Gasteiger partial charge in [-0.25, -0.2) is 19.3 Å². The van der Waals surface area contributed by atoms with E-state index in [-0.39, 0.29) is 18.0 Å². The summed E-state index contributed by atoms with van der Waals surface area (Å²) in [5.74, 6) is 0.538. The number of halogens is 2. The Balaban J connectivity index is 1.39. The summed E-state index contributed by atoms with van der Waals surface area (Å²) in [4.78, 5) is 31.3. The van der Waals surface area contributed by atoms with Gasteiger partial charge < -0.3 is 19.3 Å². The summed E-state index contributed by atoms with van der Waals surface area (Å²) in [7, 11) is 0. The van der Waals surface area contributed by atoms with E-state index in [0.29, 0.717) is 58.9 Å². The molecule has 1 amide bonds. The van der Waals surface area contributed by atoms with Gasteiger partial charge in [-0.3, -0.25) is 9.78 Å². The largest absolute Gasteiger partial charge is 0.424 e. The standard InChI is InChI=1S/C29H26ClFN6O3/c1-16(38)28(39)36-10-6-18(7-11-36)37-17(2)35-26-15-34-25-14-24(31)21(13-22(25)27(26)37)20-5-4-19(12-23(20)30)40-29-32-8-3-9-33-29/h3-5,8-9,12-16,18,38H,6-7,10-11H2,1-2H3. The fraction of sp³-hybridized carbons (Fsp3) is 0.276. The number of amides is 1. The molecular formula is C29H26ClFN6O3. The number of imidazole rings is 1. The SMILES string of the molecule is Cc1nc2cnc3cc(F)c(-c4ccc(Oc5ncccn5)cc4Cl)cc3c2n1C1CCN(C(=O)C(C)O)CC1. The Labute approximate surface area is 234 Å². The van der Waals surface area contributed by atoms with Gasteiger partial charge in [-0.2, -0.15) is 0 Å². The number of aliphatic hydroxyl groups is 1. The third-order valence-corrected chi connectivity index (χ3v) is 7.57. The van der Waals surface area contributed by atoms with Crippen LogP contribution in [0.4, 0.5) is 4.39 Å². The lowest BCUT2D eigenvalue weighted by Crippen LogP contribution is -2.43. The zero-order chi connectivity index (χ0) is 28.0. The molecule has 1 saturated heterocycles. The zero-order valence-electron chi connectivity index (χ0n) is 21.9. The number of nitrogens with zero attached hydrogens (tertiary/aromatic N) is 6. The molecule has 1 fully saturated rings. The topological polar surface area (TPSA) is 106 Å². The van der Waals surface area contributed by atoms with Crippen molar-refractivity contribution in [2.75, 3.05) is 13.1 Å². The van der Waals surface area contributed by atoms with Crippen LogP contribution in [-0.4, -0.2) is 59.6 Å². The molecule has 40 heavy (non-hydrogen) atoms. The average Bonchev–Trinajstić information content (AvgIpc) is 3.29. The second kappa shape index (κ2) is 10.4. The summed E-state index contributed by atoms with van der Waals surface area (Å²) < 4.78 is 23.3. The highest BCUT2D eigenvalue weighted by Gasteiger charge is 2.28. The molecule has 1 aliphatic heterocycles. The van der Waals surface area contributed by atoms with Crippen LogP contribution in [-0.2, 0) is 4.79 Å². The summed E-state index contributed by atoms with van der Waals surface area (Å²) in [5.41, 5.74) is 2.92. The van der Waals surface area contributed by atoms with Gasteiger partial charge in [0.1, 0.15) is 29.0 Å². The zero-order valence-corrected chi connectivity index (χ0v) is 22.6. The minimum Gasteiger partial charge on any atom is -0.424 e. The Bertz CT molecular complexity index is 1740. The van der Waals surface area contributed by atoms with Crippen LogP contribution in [0.2, 0.25) is 5.02 Å². The molecule has 0 aliphatic carbocycles. The van der Waals surface area contributed by atoms with E-state index in [2.05, 4.69) is 19.5 Å². The molecule has 6 rings (SSSR count). The number of likely N-dealkylation sites (tertiary alicyclic amines) is 1. The fourth-order valence-electron chi connectivity index (χ4n) is 5.40. The van der Waals surface area contributed by atoms with E-state index < -0.39 is 11.9 Å². The van der Waals surface area contributed by atoms with Crippen molar-refractivity contribution in [1.29, 1.82) is 0 Å². The molecule has 9 nitrogen and oxygen atoms in total. The van der Waals surface area contributed by atoms with Gasteiger partial charge in [0.2, 0.25) is 0 Å². The van der Waals surface area contributed by atoms with E-state index in [9.17, 15) is 9.90 Å². The lowest BCUT2D eigenvalue weighted by molar-refractivity contribution is -0.140. The molecule has 2 aromatic carbocycles. The number of aromatic nitrogens is 5. The van der Waals surface area contributed by atoms with Crippen LogP contribution in [0.5, 0.6) is 11.8 Å². The number of fused-ring (bicyclic) bond motifs is 3. The lowest BCUT2D eigenvalue weighted by atomic mass is 10.0. The second-order valence-corrected chi connectivity index (χ2v) is 10.3. The third-order valence-electron chi connectivity index (χ3n) is 7.26. The van der Waals surface area contributed by atoms with Gasteiger partial charge >= 0.3 is 6.01 Å². The van der Waals surface area contributed by atoms with E-state index in [4.69, 9.17) is 21.3 Å². The first-order valence-electron chi connectivity index (χ1n) is 13.0. The third kappa shape index (κ3) is 4.73. The summed E-state index contributed by atoms with van der Waals surface area (Å²) in [5, 5.41) is 10.8. The Kier molecular flexibility index (Phi) is 6.81. The van der Waals surface area contributed by atoms with Gasteiger partial charge in [-0.05, 0) is 51.0 Å². The number of aryl methyl sites for hydroxylation is 1. The fourth-order valence-corrected chi connectivity index (χ4v) is 5.67. The number of piperidine rings is 1. The number of carbonyl (C=O) groups excluding carboxylic acids is 1. The van der Waals surface area contributed by atoms with Crippen molar-refractivity contribution in [2.24, 2.45) is 0 Å². The minimum atomic E-state index is -1.02. The Morgan fingerprint density at radius 1 is 1.10 bits per heavy atom. The summed E-state index contributed by atoms with van der Waals surface area (Å²) in [6, 6.07) is 10.1. The van der Waals surface area contributed by atoms with E-state index in [1.165, 1.54) is 13.0 Å². The van der Waals surface area contributed by atoms with Crippen LogP contribution in [0, 0.1) is 12.7 Å². The molecule has 0 saturated carbocycles. The number of rotatable bonds is 5. The first-order chi connectivity index (χ1) is 19.3. The van der Waals surface area contributed by atoms with Crippen molar-refractivity contribution < 1.29 is 19.0 Å². The van der Waals surface area contributed by atoms with Crippen molar-refractivity contribution in [3.05, 3.63) is 71.7 Å². The lowest BCUT2D eigenvalue weighted by Gasteiger charge is -2.34. The minimum absolute atomic E-state index is 0.0855. The van der Waals surface area contributed by atoms with Crippen molar-refractivity contribution in [3.63, 3.8) is 0 Å². The molecule has 0 bridgehead atoms. The Morgan fingerprint density at radius 2 is 1.85 bits per heavy atom. The maximum Gasteiger partial charge on any atom is 0.321 e. The Morgan fingerprint density at radius 3 is 2.55 bits per heavy atom. The van der Waals surface area contributed by atoms with Gasteiger partial charge in [0.15, 0.2) is 0 Å². The number of benzene rings is 2. The number of ether oxygens (including phenoxy) is 1. The van der Waals surface area contributed by atoms with Crippen LogP contribution >= 0.6 is 11.6 Å². The second-order valence-electron chi connectivity index (χ2n) is 9.88. The Hall–Kier alpha value is -4.15. The van der Waals surface area contributed by atoms with Crippen molar-refractivity contribution >= 4 is 39.4 Å². The van der Waals surface area contributed by atoms with Crippen molar-refractivity contribution in [2.45, 2.75) is 38.8 Å². The van der Waals surface area contributed by atoms with Gasteiger partial charge in [0.25, 0.3) is 5.91 Å². The normalized spacial score (nSPS) is 15.1. The number of aliphatic hydroxyl groups excluding tert-OH is 1. The molecule has 0 spiro atoms. The summed E-state index contributed by atoms with van der Waals surface area (Å²) in [6.45, 7) is 4.50. The monoisotopic (exact) mass is 560 g/mol.